The molecule has 1 heterocycles. The van der Waals surface area contributed by atoms with Crippen molar-refractivity contribution in [3.63, 3.8) is 0 Å². The van der Waals surface area contributed by atoms with Gasteiger partial charge < -0.3 is 14.6 Å². The molecule has 1 aromatic heterocycles. The Balaban J connectivity index is 2.12. The molecule has 1 N–H and O–H groups in total. The van der Waals surface area contributed by atoms with Gasteiger partial charge in [0, 0.05) is 12.8 Å². The molecule has 0 amide bonds. The van der Waals surface area contributed by atoms with Gasteiger partial charge in [-0.25, -0.2) is 0 Å². The molecule has 1 aromatic rings. The van der Waals surface area contributed by atoms with Crippen molar-refractivity contribution < 1.29 is 9.53 Å². The Labute approximate surface area is 123 Å². The number of rotatable bonds is 8. The van der Waals surface area contributed by atoms with E-state index in [0.29, 0.717) is 18.3 Å². The van der Waals surface area contributed by atoms with E-state index in [0.717, 1.165) is 24.5 Å². The van der Waals surface area contributed by atoms with Crippen LogP contribution < -0.4 is 5.32 Å². The molecule has 6 nitrogen and oxygen atoms in total. The first kappa shape index (κ1) is 15.3. The molecule has 112 valence electrons. The summed E-state index contributed by atoms with van der Waals surface area (Å²) in [7, 11) is 1.90. The van der Waals surface area contributed by atoms with Gasteiger partial charge in [0.2, 0.25) is 0 Å². The first-order valence-electron chi connectivity index (χ1n) is 7.03. The van der Waals surface area contributed by atoms with Crippen LogP contribution >= 0.6 is 11.8 Å². The van der Waals surface area contributed by atoms with Gasteiger partial charge in [0.15, 0.2) is 5.16 Å². The minimum atomic E-state index is -0.596. The quantitative estimate of drug-likeness (QED) is 0.575. The number of ether oxygens (including phenoxy) is 1. The zero-order valence-corrected chi connectivity index (χ0v) is 13.1. The van der Waals surface area contributed by atoms with Crippen LogP contribution in [0.15, 0.2) is 11.5 Å². The van der Waals surface area contributed by atoms with E-state index in [-0.39, 0.29) is 5.97 Å². The maximum atomic E-state index is 12.4. The number of nitrogens with one attached hydrogen (secondary N) is 1. The normalized spacial score (nSPS) is 17.8. The number of esters is 1. The largest absolute Gasteiger partial charge is 0.465 e. The number of likely N-dealkylation sites (N-methyl/N-ethyl adjacent to an activating group) is 1. The van der Waals surface area contributed by atoms with Crippen molar-refractivity contribution in [3.05, 3.63) is 6.33 Å². The van der Waals surface area contributed by atoms with Crippen molar-refractivity contribution in [1.29, 1.82) is 0 Å². The van der Waals surface area contributed by atoms with E-state index in [1.807, 2.05) is 25.5 Å². The average Bonchev–Trinajstić information content (AvgIpc) is 3.19. The van der Waals surface area contributed by atoms with Gasteiger partial charge in [-0.2, -0.15) is 0 Å². The van der Waals surface area contributed by atoms with Gasteiger partial charge in [-0.15, -0.1) is 10.2 Å². The van der Waals surface area contributed by atoms with E-state index in [1.165, 1.54) is 0 Å². The number of thioether (sulfide) groups is 1. The Morgan fingerprint density at radius 3 is 2.85 bits per heavy atom. The Hall–Kier alpha value is -1.08. The Bertz CT molecular complexity index is 461. The number of carbonyl (C=O) groups excluding carboxylic acids is 1. The van der Waals surface area contributed by atoms with Crippen LogP contribution in [-0.4, -0.2) is 45.2 Å². The van der Waals surface area contributed by atoms with Crippen LogP contribution in [0.25, 0.3) is 0 Å². The van der Waals surface area contributed by atoms with E-state index in [1.54, 1.807) is 18.1 Å². The molecule has 7 heteroatoms. The predicted molar refractivity (Wildman–Crippen MR) is 77.5 cm³/mol. The van der Waals surface area contributed by atoms with Gasteiger partial charge in [0.05, 0.1) is 6.61 Å². The van der Waals surface area contributed by atoms with E-state index in [2.05, 4.69) is 15.5 Å². The number of nitrogens with zero attached hydrogens (tertiary/aromatic N) is 3. The molecule has 1 aliphatic carbocycles. The van der Waals surface area contributed by atoms with Gasteiger partial charge >= 0.3 is 5.97 Å². The highest BCUT2D eigenvalue weighted by atomic mass is 32.2. The lowest BCUT2D eigenvalue weighted by molar-refractivity contribution is -0.151. The highest BCUT2D eigenvalue weighted by molar-refractivity contribution is 7.99. The third-order valence-electron chi connectivity index (χ3n) is 3.50. The summed E-state index contributed by atoms with van der Waals surface area (Å²) in [5, 5.41) is 12.1. The number of aryl methyl sites for hydroxylation is 1. The van der Waals surface area contributed by atoms with Gasteiger partial charge in [-0.1, -0.05) is 18.7 Å². The molecule has 0 spiro atoms. The van der Waals surface area contributed by atoms with Crippen LogP contribution in [0.1, 0.15) is 26.7 Å². The second-order valence-corrected chi connectivity index (χ2v) is 5.95. The fourth-order valence-corrected chi connectivity index (χ4v) is 3.51. The van der Waals surface area contributed by atoms with Gasteiger partial charge in [0.1, 0.15) is 11.9 Å². The summed E-state index contributed by atoms with van der Waals surface area (Å²) >= 11 is 1.55. The molecule has 1 aliphatic rings. The SMILES string of the molecule is CCNC(CSc1nncn1C)(C(=O)OCC)C1CC1. The van der Waals surface area contributed by atoms with E-state index in [4.69, 9.17) is 4.74 Å². The van der Waals surface area contributed by atoms with E-state index < -0.39 is 5.54 Å². The molecule has 0 saturated heterocycles. The van der Waals surface area contributed by atoms with Gasteiger partial charge in [0.25, 0.3) is 0 Å². The molecule has 1 saturated carbocycles. The van der Waals surface area contributed by atoms with E-state index >= 15 is 0 Å². The molecule has 0 aromatic carbocycles. The molecule has 0 bridgehead atoms. The standard InChI is InChI=1S/C13H22N4O2S/c1-4-14-13(10-6-7-10,11(18)19-5-2)8-20-12-16-15-9-17(12)3/h9-10,14H,4-8H2,1-3H3. The Morgan fingerprint density at radius 2 is 2.35 bits per heavy atom. The minimum absolute atomic E-state index is 0.140. The lowest BCUT2D eigenvalue weighted by Gasteiger charge is -2.32. The highest BCUT2D eigenvalue weighted by Gasteiger charge is 2.51. The summed E-state index contributed by atoms with van der Waals surface area (Å²) in [6, 6.07) is 0. The molecule has 1 atom stereocenters. The van der Waals surface area contributed by atoms with Crippen molar-refractivity contribution in [2.75, 3.05) is 18.9 Å². The summed E-state index contributed by atoms with van der Waals surface area (Å²) in [6.07, 6.45) is 3.81. The number of carbonyl (C=O) groups is 1. The fourth-order valence-electron chi connectivity index (χ4n) is 2.34. The lowest BCUT2D eigenvalue weighted by Crippen LogP contribution is -2.57. The molecule has 0 aliphatic heterocycles. The van der Waals surface area contributed by atoms with Crippen LogP contribution in [0.2, 0.25) is 0 Å². The summed E-state index contributed by atoms with van der Waals surface area (Å²) < 4.78 is 7.16. The van der Waals surface area contributed by atoms with Crippen molar-refractivity contribution in [1.82, 2.24) is 20.1 Å². The maximum absolute atomic E-state index is 12.4. The summed E-state index contributed by atoms with van der Waals surface area (Å²) in [4.78, 5) is 12.4. The molecular weight excluding hydrogens is 276 g/mol. The highest BCUT2D eigenvalue weighted by Crippen LogP contribution is 2.43. The third kappa shape index (κ3) is 3.15. The molecule has 1 unspecified atom stereocenters. The summed E-state index contributed by atoms with van der Waals surface area (Å²) in [5.74, 6) is 0.845. The molecular formula is C13H22N4O2S. The second-order valence-electron chi connectivity index (χ2n) is 5.01. The number of aromatic nitrogens is 3. The molecule has 1 fully saturated rings. The third-order valence-corrected chi connectivity index (χ3v) is 4.73. The smallest absolute Gasteiger partial charge is 0.327 e. The maximum Gasteiger partial charge on any atom is 0.327 e. The second kappa shape index (κ2) is 6.58. The molecule has 2 rings (SSSR count). The van der Waals surface area contributed by atoms with Crippen molar-refractivity contribution in [2.24, 2.45) is 13.0 Å². The minimum Gasteiger partial charge on any atom is -0.465 e. The molecule has 20 heavy (non-hydrogen) atoms. The fraction of sp³-hybridized carbons (Fsp3) is 0.769. The lowest BCUT2D eigenvalue weighted by atomic mass is 9.95. The van der Waals surface area contributed by atoms with Crippen molar-refractivity contribution in [2.45, 2.75) is 37.4 Å². The predicted octanol–water partition coefficient (Wildman–Crippen LogP) is 1.23. The summed E-state index contributed by atoms with van der Waals surface area (Å²) in [6.45, 7) is 5.02. The van der Waals surface area contributed by atoms with Gasteiger partial charge in [-0.3, -0.25) is 4.79 Å². The number of hydrogen-bond donors (Lipinski definition) is 1. The van der Waals surface area contributed by atoms with E-state index in [9.17, 15) is 4.79 Å². The average molecular weight is 298 g/mol. The molecule has 0 radical (unpaired) electrons. The Kier molecular flexibility index (Phi) is 5.04. The van der Waals surface area contributed by atoms with Crippen LogP contribution in [0.5, 0.6) is 0 Å². The van der Waals surface area contributed by atoms with Crippen LogP contribution in [-0.2, 0) is 16.6 Å². The van der Waals surface area contributed by atoms with Crippen molar-refractivity contribution in [3.8, 4) is 0 Å². The van der Waals surface area contributed by atoms with Crippen LogP contribution in [0, 0.1) is 5.92 Å². The monoisotopic (exact) mass is 298 g/mol. The number of hydrogen-bond acceptors (Lipinski definition) is 6. The van der Waals surface area contributed by atoms with Gasteiger partial charge in [-0.05, 0) is 32.2 Å². The zero-order chi connectivity index (χ0) is 14.6. The Morgan fingerprint density at radius 1 is 1.60 bits per heavy atom. The first-order valence-corrected chi connectivity index (χ1v) is 8.01. The summed E-state index contributed by atoms with van der Waals surface area (Å²) in [5.41, 5.74) is -0.596. The zero-order valence-electron chi connectivity index (χ0n) is 12.3. The van der Waals surface area contributed by atoms with Crippen LogP contribution in [0.3, 0.4) is 0 Å². The van der Waals surface area contributed by atoms with Crippen LogP contribution in [0.4, 0.5) is 0 Å². The topological polar surface area (TPSA) is 69.0 Å². The van der Waals surface area contributed by atoms with Crippen molar-refractivity contribution >= 4 is 17.7 Å². The first-order chi connectivity index (χ1) is 9.64.